The van der Waals surface area contributed by atoms with Gasteiger partial charge in [0.2, 0.25) is 11.3 Å². The Morgan fingerprint density at radius 1 is 1.28 bits per heavy atom. The molecule has 0 bridgehead atoms. The van der Waals surface area contributed by atoms with E-state index in [1.807, 2.05) is 0 Å². The minimum Gasteiger partial charge on any atom is -0.477 e. The summed E-state index contributed by atoms with van der Waals surface area (Å²) in [5.74, 6) is -2.10. The second kappa shape index (κ2) is 6.19. The summed E-state index contributed by atoms with van der Waals surface area (Å²) in [6, 6.07) is 2.58. The van der Waals surface area contributed by atoms with E-state index in [4.69, 9.17) is 5.11 Å². The summed E-state index contributed by atoms with van der Waals surface area (Å²) >= 11 is 0. The number of rotatable bonds is 3. The third-order valence-electron chi connectivity index (χ3n) is 4.52. The zero-order valence-corrected chi connectivity index (χ0v) is 14.0. The van der Waals surface area contributed by atoms with Crippen molar-refractivity contribution >= 4 is 28.5 Å². The fourth-order valence-corrected chi connectivity index (χ4v) is 3.02. The zero-order chi connectivity index (χ0) is 18.3. The van der Waals surface area contributed by atoms with E-state index in [0.717, 1.165) is 6.07 Å². The second-order valence-corrected chi connectivity index (χ2v) is 6.02. The van der Waals surface area contributed by atoms with Crippen molar-refractivity contribution in [1.29, 1.82) is 0 Å². The van der Waals surface area contributed by atoms with Crippen LogP contribution < -0.4 is 10.3 Å². The molecule has 1 N–H and O–H groups in total. The number of anilines is 1. The highest BCUT2D eigenvalue weighted by Gasteiger charge is 2.24. The molecule has 1 aromatic heterocycles. The molecule has 2 heterocycles. The number of carbonyl (C=O) groups excluding carboxylic acids is 1. The molecule has 0 unspecified atom stereocenters. The predicted octanol–water partition coefficient (Wildman–Crippen LogP) is 1.14. The number of likely N-dealkylation sites (N-methyl/N-ethyl adjacent to an activating group) is 1. The summed E-state index contributed by atoms with van der Waals surface area (Å²) in [5, 5.41) is 9.19. The van der Waals surface area contributed by atoms with Crippen LogP contribution in [0.25, 0.3) is 10.9 Å². The normalized spacial score (nSPS) is 15.1. The van der Waals surface area contributed by atoms with Crippen molar-refractivity contribution in [1.82, 2.24) is 9.47 Å². The number of halogens is 1. The van der Waals surface area contributed by atoms with Gasteiger partial charge in [0.25, 0.3) is 0 Å². The zero-order valence-electron chi connectivity index (χ0n) is 14.0. The Labute approximate surface area is 142 Å². The summed E-state index contributed by atoms with van der Waals surface area (Å²) in [6.45, 7) is 3.24. The Hall–Kier alpha value is -2.90. The van der Waals surface area contributed by atoms with Gasteiger partial charge in [-0.3, -0.25) is 9.59 Å². The number of aryl methyl sites for hydroxylation is 1. The largest absolute Gasteiger partial charge is 0.477 e. The van der Waals surface area contributed by atoms with Gasteiger partial charge >= 0.3 is 5.97 Å². The number of aromatic nitrogens is 1. The molecule has 0 aliphatic carbocycles. The van der Waals surface area contributed by atoms with Gasteiger partial charge in [-0.1, -0.05) is 0 Å². The van der Waals surface area contributed by atoms with Crippen LogP contribution in [0.15, 0.2) is 23.1 Å². The van der Waals surface area contributed by atoms with Gasteiger partial charge in [-0.05, 0) is 19.1 Å². The predicted molar refractivity (Wildman–Crippen MR) is 90.6 cm³/mol. The summed E-state index contributed by atoms with van der Waals surface area (Å²) in [6.07, 6.45) is 1.27. The van der Waals surface area contributed by atoms with E-state index in [0.29, 0.717) is 25.2 Å². The van der Waals surface area contributed by atoms with Gasteiger partial charge in [0.05, 0.1) is 17.7 Å². The summed E-state index contributed by atoms with van der Waals surface area (Å²) < 4.78 is 16.2. The maximum absolute atomic E-state index is 14.6. The van der Waals surface area contributed by atoms with Crippen LogP contribution in [0.4, 0.5) is 10.1 Å². The highest BCUT2D eigenvalue weighted by atomic mass is 19.1. The van der Waals surface area contributed by atoms with Gasteiger partial charge in [-0.2, -0.15) is 0 Å². The quantitative estimate of drug-likeness (QED) is 0.900. The molecule has 1 aliphatic heterocycles. The van der Waals surface area contributed by atoms with E-state index in [1.165, 1.54) is 12.3 Å². The third-order valence-corrected chi connectivity index (χ3v) is 4.52. The molecule has 0 atom stereocenters. The van der Waals surface area contributed by atoms with Gasteiger partial charge in [0.15, 0.2) is 0 Å². The van der Waals surface area contributed by atoms with E-state index in [-0.39, 0.29) is 23.5 Å². The molecule has 0 saturated carbocycles. The fraction of sp³-hybridized carbons (Fsp3) is 0.353. The Bertz CT molecular complexity index is 938. The summed E-state index contributed by atoms with van der Waals surface area (Å²) in [5.41, 5.74) is -0.428. The number of amides is 1. The Kier molecular flexibility index (Phi) is 4.20. The average Bonchev–Trinajstić information content (AvgIpc) is 2.57. The van der Waals surface area contributed by atoms with Gasteiger partial charge in [0.1, 0.15) is 11.4 Å². The molecule has 7 nitrogen and oxygen atoms in total. The lowest BCUT2D eigenvalue weighted by molar-refractivity contribution is -0.129. The SMILES string of the molecule is CCn1cc(C(=O)O)c(=O)c2cc(F)c(N3CCN(C)C(=O)C3)cc21. The lowest BCUT2D eigenvalue weighted by atomic mass is 10.1. The average molecular weight is 347 g/mol. The molecule has 25 heavy (non-hydrogen) atoms. The first kappa shape index (κ1) is 16.9. The highest BCUT2D eigenvalue weighted by Crippen LogP contribution is 2.26. The fourth-order valence-electron chi connectivity index (χ4n) is 3.02. The lowest BCUT2D eigenvalue weighted by Crippen LogP contribution is -2.48. The number of benzene rings is 1. The number of hydrogen-bond acceptors (Lipinski definition) is 4. The maximum atomic E-state index is 14.6. The topological polar surface area (TPSA) is 82.8 Å². The molecule has 0 spiro atoms. The van der Waals surface area contributed by atoms with Gasteiger partial charge in [-0.15, -0.1) is 0 Å². The number of hydrogen-bond donors (Lipinski definition) is 1. The van der Waals surface area contributed by atoms with Crippen molar-refractivity contribution in [3.05, 3.63) is 39.9 Å². The molecular formula is C17H18FN3O4. The molecule has 1 saturated heterocycles. The number of carboxylic acid groups (broad SMARTS) is 1. The maximum Gasteiger partial charge on any atom is 0.341 e. The third kappa shape index (κ3) is 2.84. The first-order valence-corrected chi connectivity index (χ1v) is 7.92. The molecule has 8 heteroatoms. The highest BCUT2D eigenvalue weighted by molar-refractivity contribution is 5.94. The van der Waals surface area contributed by atoms with E-state index in [1.54, 1.807) is 28.3 Å². The van der Waals surface area contributed by atoms with Gasteiger partial charge in [0, 0.05) is 38.3 Å². The molecular weight excluding hydrogens is 329 g/mol. The number of nitrogens with zero attached hydrogens (tertiary/aromatic N) is 3. The van der Waals surface area contributed by atoms with E-state index >= 15 is 0 Å². The van der Waals surface area contributed by atoms with Crippen LogP contribution in [0.2, 0.25) is 0 Å². The Morgan fingerprint density at radius 2 is 2.00 bits per heavy atom. The standard InChI is InChI=1S/C17H18FN3O4/c1-3-20-8-11(17(24)25)16(23)10-6-12(18)14(7-13(10)20)21-5-4-19(2)15(22)9-21/h6-8H,3-5,9H2,1-2H3,(H,24,25). The van der Waals surface area contributed by atoms with Crippen LogP contribution in [-0.4, -0.2) is 53.1 Å². The van der Waals surface area contributed by atoms with Crippen LogP contribution in [0, 0.1) is 5.82 Å². The molecule has 1 aromatic carbocycles. The minimum absolute atomic E-state index is 0.0171. The smallest absolute Gasteiger partial charge is 0.341 e. The number of piperazine rings is 1. The molecule has 3 rings (SSSR count). The number of carbonyl (C=O) groups is 2. The van der Waals surface area contributed by atoms with Gasteiger partial charge < -0.3 is 19.5 Å². The number of carboxylic acids is 1. The van der Waals surface area contributed by atoms with Crippen LogP contribution >= 0.6 is 0 Å². The Balaban J connectivity index is 2.19. The van der Waals surface area contributed by atoms with Crippen molar-refractivity contribution in [2.75, 3.05) is 31.6 Å². The number of pyridine rings is 1. The van der Waals surface area contributed by atoms with E-state index in [2.05, 4.69) is 0 Å². The van der Waals surface area contributed by atoms with Crippen molar-refractivity contribution in [2.45, 2.75) is 13.5 Å². The summed E-state index contributed by atoms with van der Waals surface area (Å²) in [4.78, 5) is 38.7. The number of fused-ring (bicyclic) bond motifs is 1. The van der Waals surface area contributed by atoms with Gasteiger partial charge in [-0.25, -0.2) is 9.18 Å². The van der Waals surface area contributed by atoms with Crippen LogP contribution in [0.5, 0.6) is 0 Å². The van der Waals surface area contributed by atoms with Crippen molar-refractivity contribution in [2.24, 2.45) is 0 Å². The van der Waals surface area contributed by atoms with Crippen molar-refractivity contribution < 1.29 is 19.1 Å². The molecule has 1 amide bonds. The second-order valence-electron chi connectivity index (χ2n) is 6.02. The minimum atomic E-state index is -1.34. The molecule has 2 aromatic rings. The number of aromatic carboxylic acids is 1. The molecule has 1 aliphatic rings. The first-order valence-electron chi connectivity index (χ1n) is 7.92. The van der Waals surface area contributed by atoms with Crippen molar-refractivity contribution in [3.8, 4) is 0 Å². The van der Waals surface area contributed by atoms with Crippen molar-refractivity contribution in [3.63, 3.8) is 0 Å². The Morgan fingerprint density at radius 3 is 2.60 bits per heavy atom. The first-order chi connectivity index (χ1) is 11.8. The van der Waals surface area contributed by atoms with Crippen LogP contribution in [-0.2, 0) is 11.3 Å². The van der Waals surface area contributed by atoms with Crippen LogP contribution in [0.1, 0.15) is 17.3 Å². The van der Waals surface area contributed by atoms with E-state index in [9.17, 15) is 18.8 Å². The summed E-state index contributed by atoms with van der Waals surface area (Å²) in [7, 11) is 1.69. The van der Waals surface area contributed by atoms with E-state index < -0.39 is 22.8 Å². The van der Waals surface area contributed by atoms with Crippen LogP contribution in [0.3, 0.4) is 0 Å². The molecule has 1 fully saturated rings. The molecule has 132 valence electrons. The monoisotopic (exact) mass is 347 g/mol. The molecule has 0 radical (unpaired) electrons. The lowest BCUT2D eigenvalue weighted by Gasteiger charge is -2.33.